The second-order valence-corrected chi connectivity index (χ2v) is 7.27. The summed E-state index contributed by atoms with van der Waals surface area (Å²) in [5.74, 6) is 2.14. The topological polar surface area (TPSA) is 0 Å². The van der Waals surface area contributed by atoms with Crippen LogP contribution in [0, 0.1) is 11.8 Å². The first-order chi connectivity index (χ1) is 9.27. The minimum absolute atomic E-state index is 1.04. The molecule has 2 rings (SSSR count). The molecule has 112 valence electrons. The molecule has 19 heavy (non-hydrogen) atoms. The molecule has 1 saturated carbocycles. The van der Waals surface area contributed by atoms with E-state index >= 15 is 0 Å². The summed E-state index contributed by atoms with van der Waals surface area (Å²) in [5, 5.41) is 0. The van der Waals surface area contributed by atoms with Crippen LogP contribution in [0.15, 0.2) is 0 Å². The molecule has 1 heterocycles. The number of rotatable bonds is 7. The number of fused-ring (bicyclic) bond motifs is 1. The molecule has 0 aromatic heterocycles. The van der Waals surface area contributed by atoms with E-state index in [1.807, 2.05) is 0 Å². The van der Waals surface area contributed by atoms with Crippen molar-refractivity contribution < 1.29 is 4.48 Å². The fourth-order valence-corrected chi connectivity index (χ4v) is 5.40. The van der Waals surface area contributed by atoms with Crippen LogP contribution in [0.5, 0.6) is 0 Å². The largest absolute Gasteiger partial charge is 0.321 e. The van der Waals surface area contributed by atoms with Crippen molar-refractivity contribution in [1.29, 1.82) is 0 Å². The quantitative estimate of drug-likeness (QED) is 0.569. The lowest BCUT2D eigenvalue weighted by atomic mass is 9.78. The Morgan fingerprint density at radius 1 is 0.895 bits per heavy atom. The molecular formula is C18H36N+. The summed E-state index contributed by atoms with van der Waals surface area (Å²) in [6, 6.07) is 1.04. The highest BCUT2D eigenvalue weighted by Gasteiger charge is 2.52. The van der Waals surface area contributed by atoms with Gasteiger partial charge in [0.25, 0.3) is 0 Å². The molecule has 3 atom stereocenters. The van der Waals surface area contributed by atoms with Gasteiger partial charge in [-0.1, -0.05) is 40.0 Å². The smallest absolute Gasteiger partial charge is 0.0923 e. The highest BCUT2D eigenvalue weighted by Crippen LogP contribution is 2.46. The highest BCUT2D eigenvalue weighted by atomic mass is 15.4. The number of hydrogen-bond acceptors (Lipinski definition) is 0. The van der Waals surface area contributed by atoms with Gasteiger partial charge in [-0.3, -0.25) is 0 Å². The van der Waals surface area contributed by atoms with Crippen LogP contribution in [-0.2, 0) is 0 Å². The van der Waals surface area contributed by atoms with Gasteiger partial charge in [0.2, 0.25) is 0 Å². The maximum Gasteiger partial charge on any atom is 0.0923 e. The molecule has 2 fully saturated rings. The molecule has 0 aromatic rings. The second-order valence-electron chi connectivity index (χ2n) is 7.27. The molecule has 1 nitrogen and oxygen atoms in total. The molecule has 1 saturated heterocycles. The summed E-state index contributed by atoms with van der Waals surface area (Å²) < 4.78 is 1.51. The first-order valence-corrected chi connectivity index (χ1v) is 9.13. The molecule has 3 unspecified atom stereocenters. The number of likely N-dealkylation sites (tertiary alicyclic amines) is 1. The third-order valence-electron chi connectivity index (χ3n) is 5.96. The maximum absolute atomic E-state index is 2.40. The van der Waals surface area contributed by atoms with Gasteiger partial charge in [0.05, 0.1) is 25.7 Å². The zero-order chi connectivity index (χ0) is 13.7. The predicted octanol–water partition coefficient (Wildman–Crippen LogP) is 5.00. The number of quaternary nitrogens is 1. The summed E-state index contributed by atoms with van der Waals surface area (Å²) >= 11 is 0. The Morgan fingerprint density at radius 3 is 2.21 bits per heavy atom. The van der Waals surface area contributed by atoms with Crippen molar-refractivity contribution in [3.8, 4) is 0 Å². The lowest BCUT2D eigenvalue weighted by molar-refractivity contribution is -0.943. The normalized spacial score (nSPS) is 33.3. The summed E-state index contributed by atoms with van der Waals surface area (Å²) in [4.78, 5) is 0. The van der Waals surface area contributed by atoms with Crippen molar-refractivity contribution in [2.24, 2.45) is 11.8 Å². The number of nitrogens with zero attached hydrogens (tertiary/aromatic N) is 1. The van der Waals surface area contributed by atoms with Gasteiger partial charge >= 0.3 is 0 Å². The maximum atomic E-state index is 2.40. The van der Waals surface area contributed by atoms with Crippen LogP contribution in [0.3, 0.4) is 0 Å². The van der Waals surface area contributed by atoms with Crippen molar-refractivity contribution in [2.75, 3.05) is 19.6 Å². The summed E-state index contributed by atoms with van der Waals surface area (Å²) in [7, 11) is 0. The first-order valence-electron chi connectivity index (χ1n) is 9.13. The van der Waals surface area contributed by atoms with Crippen LogP contribution in [-0.4, -0.2) is 30.2 Å². The first kappa shape index (κ1) is 15.4. The van der Waals surface area contributed by atoms with Gasteiger partial charge < -0.3 is 4.48 Å². The average molecular weight is 266 g/mol. The summed E-state index contributed by atoms with van der Waals surface area (Å²) in [6.45, 7) is 11.6. The van der Waals surface area contributed by atoms with E-state index in [1.54, 1.807) is 6.42 Å². The van der Waals surface area contributed by atoms with Gasteiger partial charge in [0.1, 0.15) is 0 Å². The zero-order valence-electron chi connectivity index (χ0n) is 13.7. The lowest BCUT2D eigenvalue weighted by Crippen LogP contribution is -2.54. The van der Waals surface area contributed by atoms with E-state index in [0.29, 0.717) is 0 Å². The van der Waals surface area contributed by atoms with E-state index in [4.69, 9.17) is 0 Å². The second kappa shape index (κ2) is 7.11. The van der Waals surface area contributed by atoms with Gasteiger partial charge in [-0.25, -0.2) is 0 Å². The van der Waals surface area contributed by atoms with E-state index < -0.39 is 0 Å². The van der Waals surface area contributed by atoms with E-state index in [2.05, 4.69) is 20.8 Å². The molecule has 1 heteroatoms. The molecule has 0 N–H and O–H groups in total. The van der Waals surface area contributed by atoms with Crippen LogP contribution in [0.25, 0.3) is 0 Å². The highest BCUT2D eigenvalue weighted by molar-refractivity contribution is 4.88. The van der Waals surface area contributed by atoms with Crippen LogP contribution in [0.1, 0.15) is 78.6 Å². The standard InChI is InChI=1S/C18H36N/c1-4-7-10-16-15-19(13-5-2,14-6-3)18-12-9-8-11-17(16)18/h16-18H,4-15H2,1-3H3/q+1. The van der Waals surface area contributed by atoms with Crippen molar-refractivity contribution in [3.05, 3.63) is 0 Å². The Balaban J connectivity index is 2.13. The summed E-state index contributed by atoms with van der Waals surface area (Å²) in [6.07, 6.45) is 13.2. The van der Waals surface area contributed by atoms with Gasteiger partial charge in [-0.05, 0) is 38.5 Å². The molecule has 0 amide bonds. The van der Waals surface area contributed by atoms with Crippen LogP contribution in [0.2, 0.25) is 0 Å². The molecule has 1 aliphatic heterocycles. The van der Waals surface area contributed by atoms with E-state index in [1.165, 1.54) is 75.5 Å². The van der Waals surface area contributed by atoms with Crippen molar-refractivity contribution in [2.45, 2.75) is 84.6 Å². The molecule has 0 radical (unpaired) electrons. The predicted molar refractivity (Wildman–Crippen MR) is 84.2 cm³/mol. The Kier molecular flexibility index (Phi) is 5.74. The van der Waals surface area contributed by atoms with Crippen molar-refractivity contribution >= 4 is 0 Å². The summed E-state index contributed by atoms with van der Waals surface area (Å²) in [5.41, 5.74) is 0. The number of hydrogen-bond donors (Lipinski definition) is 0. The third kappa shape index (κ3) is 3.17. The van der Waals surface area contributed by atoms with E-state index in [-0.39, 0.29) is 0 Å². The van der Waals surface area contributed by atoms with Gasteiger partial charge in [-0.15, -0.1) is 0 Å². The van der Waals surface area contributed by atoms with Crippen LogP contribution >= 0.6 is 0 Å². The van der Waals surface area contributed by atoms with Crippen molar-refractivity contribution in [1.82, 2.24) is 0 Å². The van der Waals surface area contributed by atoms with E-state index in [0.717, 1.165) is 17.9 Å². The molecule has 1 aliphatic carbocycles. The number of unbranched alkanes of at least 4 members (excludes halogenated alkanes) is 1. The minimum Gasteiger partial charge on any atom is -0.321 e. The fraction of sp³-hybridized carbons (Fsp3) is 1.00. The monoisotopic (exact) mass is 266 g/mol. The van der Waals surface area contributed by atoms with Crippen LogP contribution < -0.4 is 0 Å². The Hall–Kier alpha value is -0.0400. The Morgan fingerprint density at radius 2 is 1.58 bits per heavy atom. The average Bonchev–Trinajstić information content (AvgIpc) is 2.72. The Bertz CT molecular complexity index is 254. The van der Waals surface area contributed by atoms with E-state index in [9.17, 15) is 0 Å². The third-order valence-corrected chi connectivity index (χ3v) is 5.96. The van der Waals surface area contributed by atoms with Crippen molar-refractivity contribution in [3.63, 3.8) is 0 Å². The lowest BCUT2D eigenvalue weighted by Gasteiger charge is -2.43. The SMILES string of the molecule is CCCCC1C[N+](CCC)(CCC)C2CCCCC12. The molecule has 0 bridgehead atoms. The molecular weight excluding hydrogens is 230 g/mol. The minimum atomic E-state index is 1.04. The zero-order valence-corrected chi connectivity index (χ0v) is 13.7. The fourth-order valence-electron chi connectivity index (χ4n) is 5.40. The van der Waals surface area contributed by atoms with Crippen LogP contribution in [0.4, 0.5) is 0 Å². The van der Waals surface area contributed by atoms with Gasteiger partial charge in [-0.2, -0.15) is 0 Å². The molecule has 2 aliphatic rings. The van der Waals surface area contributed by atoms with Gasteiger partial charge in [0, 0.05) is 11.8 Å². The molecule has 0 spiro atoms. The Labute approximate surface area is 121 Å². The molecule has 0 aromatic carbocycles. The van der Waals surface area contributed by atoms with Gasteiger partial charge in [0.15, 0.2) is 0 Å².